The average molecular weight is 622 g/mol. The average Bonchev–Trinajstić information content (AvgIpc) is 3.40. The van der Waals surface area contributed by atoms with Crippen LogP contribution in [-0.2, 0) is 21.9 Å². The molecule has 5 rings (SSSR count). The fraction of sp³-hybridized carbons (Fsp3) is 0.214. The minimum atomic E-state index is -5.16. The Kier molecular flexibility index (Phi) is 8.01. The van der Waals surface area contributed by atoms with Gasteiger partial charge in [-0.05, 0) is 36.8 Å². The van der Waals surface area contributed by atoms with Crippen LogP contribution in [0.25, 0.3) is 34.2 Å². The van der Waals surface area contributed by atoms with Crippen molar-refractivity contribution in [3.8, 4) is 34.2 Å². The molecule has 2 aliphatic rings. The molecule has 1 aromatic heterocycles. The molecule has 0 saturated carbocycles. The van der Waals surface area contributed by atoms with Gasteiger partial charge < -0.3 is 4.74 Å². The molecule has 44 heavy (non-hydrogen) atoms. The standard InChI is InChI=1S/C28H18F8N6O2/c1-2-8-44-26(43)23(42-13-21-20(12-39-42)40-25(41-21)17-4-3-5-19(29)22(17)30)14-10-37-24(38-11-14)16-7-6-15(27(31,32)33)9-18(16)28(34,35)36/h3-7,9-13,23H,2,8H2,1H3. The molecule has 0 N–H and O–H groups in total. The van der Waals surface area contributed by atoms with Crippen molar-refractivity contribution in [1.29, 1.82) is 0 Å². The maximum absolute atomic E-state index is 14.3. The number of carbonyl (C=O) groups is 1. The molecule has 3 heterocycles. The van der Waals surface area contributed by atoms with Crippen molar-refractivity contribution in [2.75, 3.05) is 6.61 Å². The number of nitrogens with zero attached hydrogens (tertiary/aromatic N) is 6. The highest BCUT2D eigenvalue weighted by Crippen LogP contribution is 2.40. The molecule has 0 bridgehead atoms. The van der Waals surface area contributed by atoms with Gasteiger partial charge in [-0.25, -0.2) is 33.5 Å². The Bertz CT molecular complexity index is 1790. The smallest absolute Gasteiger partial charge is 0.417 e. The molecule has 8 nitrogen and oxygen atoms in total. The second-order valence-corrected chi connectivity index (χ2v) is 9.34. The molecule has 0 radical (unpaired) electrons. The van der Waals surface area contributed by atoms with Gasteiger partial charge in [0.1, 0.15) is 11.4 Å². The summed E-state index contributed by atoms with van der Waals surface area (Å²) in [7, 11) is 0. The van der Waals surface area contributed by atoms with Gasteiger partial charge >= 0.3 is 18.3 Å². The minimum Gasteiger partial charge on any atom is -0.464 e. The van der Waals surface area contributed by atoms with E-state index in [1.165, 1.54) is 24.5 Å². The highest BCUT2D eigenvalue weighted by Gasteiger charge is 2.39. The van der Waals surface area contributed by atoms with Gasteiger partial charge in [0, 0.05) is 23.5 Å². The van der Waals surface area contributed by atoms with Gasteiger partial charge in [0.25, 0.3) is 0 Å². The lowest BCUT2D eigenvalue weighted by Gasteiger charge is -2.19. The third-order valence-corrected chi connectivity index (χ3v) is 6.29. The summed E-state index contributed by atoms with van der Waals surface area (Å²) in [5.74, 6) is -3.81. The number of aromatic nitrogens is 6. The number of rotatable bonds is 7. The van der Waals surface area contributed by atoms with E-state index in [0.29, 0.717) is 18.6 Å². The van der Waals surface area contributed by atoms with E-state index in [2.05, 4.69) is 25.0 Å². The van der Waals surface area contributed by atoms with E-state index in [4.69, 9.17) is 4.74 Å². The van der Waals surface area contributed by atoms with Crippen LogP contribution < -0.4 is 0 Å². The minimum absolute atomic E-state index is 0.00286. The lowest BCUT2D eigenvalue weighted by molar-refractivity contribution is -0.147. The van der Waals surface area contributed by atoms with Crippen LogP contribution in [0.2, 0.25) is 0 Å². The summed E-state index contributed by atoms with van der Waals surface area (Å²) in [4.78, 5) is 29.3. The van der Waals surface area contributed by atoms with Crippen LogP contribution in [0.4, 0.5) is 35.1 Å². The lowest BCUT2D eigenvalue weighted by atomic mass is 10.0. The number of carbonyl (C=O) groups excluding carboxylic acids is 1. The number of esters is 1. The first kappa shape index (κ1) is 30.4. The number of benzene rings is 2. The summed E-state index contributed by atoms with van der Waals surface area (Å²) in [6, 6.07) is 3.16. The first-order valence-electron chi connectivity index (χ1n) is 12.7. The molecular formula is C28H18F8N6O2. The van der Waals surface area contributed by atoms with Gasteiger partial charge in [0.05, 0.1) is 35.7 Å². The third-order valence-electron chi connectivity index (χ3n) is 6.29. The highest BCUT2D eigenvalue weighted by molar-refractivity contribution is 5.78. The van der Waals surface area contributed by atoms with Crippen LogP contribution in [0.5, 0.6) is 0 Å². The largest absolute Gasteiger partial charge is 0.464 e. The van der Waals surface area contributed by atoms with E-state index in [1.54, 1.807) is 6.92 Å². The number of hydrogen-bond donors (Lipinski definition) is 0. The van der Waals surface area contributed by atoms with Crippen LogP contribution in [0, 0.1) is 11.6 Å². The van der Waals surface area contributed by atoms with Crippen molar-refractivity contribution < 1.29 is 44.7 Å². The van der Waals surface area contributed by atoms with Crippen molar-refractivity contribution in [1.82, 2.24) is 29.7 Å². The van der Waals surface area contributed by atoms with Crippen molar-refractivity contribution >= 4 is 5.97 Å². The van der Waals surface area contributed by atoms with Crippen LogP contribution in [0.3, 0.4) is 0 Å². The predicted molar refractivity (Wildman–Crippen MR) is 137 cm³/mol. The fourth-order valence-corrected chi connectivity index (χ4v) is 4.22. The van der Waals surface area contributed by atoms with Crippen LogP contribution in [0.15, 0.2) is 61.2 Å². The van der Waals surface area contributed by atoms with Gasteiger partial charge in [0.15, 0.2) is 29.3 Å². The first-order valence-corrected chi connectivity index (χ1v) is 12.7. The Morgan fingerprint density at radius 2 is 1.59 bits per heavy atom. The van der Waals surface area contributed by atoms with Crippen molar-refractivity contribution in [2.45, 2.75) is 31.7 Å². The number of halogens is 8. The normalized spacial score (nSPS) is 12.8. The molecule has 2 aliphatic heterocycles. The van der Waals surface area contributed by atoms with Gasteiger partial charge in [0.2, 0.25) is 0 Å². The molecule has 2 aromatic carbocycles. The topological polar surface area (TPSA) is 95.7 Å². The molecule has 16 heteroatoms. The SMILES string of the molecule is CCCOC(=O)C(c1cnc(-c2ccc(C(F)(F)F)cc2C(F)(F)F)nc1)n1cc2nc(-c3cccc(F)c3F)nc-2cn1. The summed E-state index contributed by atoms with van der Waals surface area (Å²) in [5.41, 5.74) is -3.71. The quantitative estimate of drug-likeness (QED) is 0.146. The lowest BCUT2D eigenvalue weighted by Crippen LogP contribution is -2.26. The summed E-state index contributed by atoms with van der Waals surface area (Å²) in [6.07, 6.45) is -5.21. The summed E-state index contributed by atoms with van der Waals surface area (Å²) >= 11 is 0. The van der Waals surface area contributed by atoms with Gasteiger partial charge in [-0.1, -0.05) is 13.0 Å². The van der Waals surface area contributed by atoms with E-state index < -0.39 is 58.5 Å². The molecule has 3 aromatic rings. The summed E-state index contributed by atoms with van der Waals surface area (Å²) in [5, 5.41) is 4.15. The molecule has 228 valence electrons. The maximum Gasteiger partial charge on any atom is 0.417 e. The molecule has 1 atom stereocenters. The Hall–Kier alpha value is -5.02. The van der Waals surface area contributed by atoms with Crippen molar-refractivity contribution in [3.63, 3.8) is 0 Å². The van der Waals surface area contributed by atoms with E-state index in [-0.39, 0.29) is 41.0 Å². The second kappa shape index (κ2) is 11.6. The van der Waals surface area contributed by atoms with Crippen molar-refractivity contribution in [2.24, 2.45) is 0 Å². The van der Waals surface area contributed by atoms with Crippen LogP contribution in [-0.4, -0.2) is 42.3 Å². The number of ether oxygens (including phenoxy) is 1. The van der Waals surface area contributed by atoms with Gasteiger partial charge in [-0.2, -0.15) is 31.4 Å². The van der Waals surface area contributed by atoms with Gasteiger partial charge in [-0.15, -0.1) is 0 Å². The summed E-state index contributed by atoms with van der Waals surface area (Å²) in [6.45, 7) is 1.75. The van der Waals surface area contributed by atoms with Crippen LogP contribution in [0.1, 0.15) is 36.1 Å². The zero-order valence-corrected chi connectivity index (χ0v) is 22.3. The zero-order valence-electron chi connectivity index (χ0n) is 22.3. The van der Waals surface area contributed by atoms with E-state index in [1.807, 2.05) is 0 Å². The van der Waals surface area contributed by atoms with E-state index >= 15 is 0 Å². The Balaban J connectivity index is 1.55. The molecular weight excluding hydrogens is 604 g/mol. The number of imidazole rings is 1. The highest BCUT2D eigenvalue weighted by atomic mass is 19.4. The zero-order chi connectivity index (χ0) is 31.8. The molecule has 0 spiro atoms. The number of alkyl halides is 6. The van der Waals surface area contributed by atoms with Crippen molar-refractivity contribution in [3.05, 3.63) is 89.5 Å². The van der Waals surface area contributed by atoms with Crippen LogP contribution >= 0.6 is 0 Å². The van der Waals surface area contributed by atoms with Gasteiger partial charge in [-0.3, -0.25) is 4.68 Å². The third kappa shape index (κ3) is 6.05. The predicted octanol–water partition coefficient (Wildman–Crippen LogP) is 6.76. The molecule has 0 amide bonds. The Morgan fingerprint density at radius 1 is 0.886 bits per heavy atom. The molecule has 0 saturated heterocycles. The molecule has 0 aliphatic carbocycles. The number of hydrogen-bond acceptors (Lipinski definition) is 7. The van der Waals surface area contributed by atoms with E-state index in [9.17, 15) is 39.9 Å². The first-order chi connectivity index (χ1) is 20.8. The second-order valence-electron chi connectivity index (χ2n) is 9.34. The summed E-state index contributed by atoms with van der Waals surface area (Å²) < 4.78 is 115. The Labute approximate surface area is 242 Å². The monoisotopic (exact) mass is 622 g/mol. The maximum atomic E-state index is 14.3. The number of fused-ring (bicyclic) bond motifs is 1. The Morgan fingerprint density at radius 3 is 2.25 bits per heavy atom. The molecule has 0 fully saturated rings. The fourth-order valence-electron chi connectivity index (χ4n) is 4.22. The molecule has 1 unspecified atom stereocenters. The van der Waals surface area contributed by atoms with E-state index in [0.717, 1.165) is 23.1 Å².